The maximum absolute atomic E-state index is 12.4. The van der Waals surface area contributed by atoms with E-state index < -0.39 is 12.0 Å². The Morgan fingerprint density at radius 1 is 1.48 bits per heavy atom. The Morgan fingerprint density at radius 2 is 2.19 bits per heavy atom. The molecule has 2 rings (SSSR count). The van der Waals surface area contributed by atoms with E-state index in [1.807, 2.05) is 18.2 Å². The number of aliphatic carboxylic acids is 1. The van der Waals surface area contributed by atoms with Gasteiger partial charge in [-0.3, -0.25) is 4.79 Å². The van der Waals surface area contributed by atoms with Gasteiger partial charge in [0, 0.05) is 17.1 Å². The Balaban J connectivity index is 2.26. The van der Waals surface area contributed by atoms with E-state index in [1.165, 1.54) is 11.9 Å². The van der Waals surface area contributed by atoms with E-state index in [4.69, 9.17) is 9.84 Å². The minimum Gasteiger partial charge on any atom is -0.488 e. The van der Waals surface area contributed by atoms with Gasteiger partial charge in [-0.25, -0.2) is 4.79 Å². The molecule has 1 heterocycles. The van der Waals surface area contributed by atoms with Crippen molar-refractivity contribution in [2.45, 2.75) is 19.4 Å². The van der Waals surface area contributed by atoms with Crippen LogP contribution >= 0.6 is 15.9 Å². The van der Waals surface area contributed by atoms with Crippen molar-refractivity contribution in [2.75, 3.05) is 13.7 Å². The normalized spacial score (nSPS) is 14.5. The summed E-state index contributed by atoms with van der Waals surface area (Å²) in [5, 5.41) is 9.13. The molecule has 0 spiro atoms. The second-order valence-corrected chi connectivity index (χ2v) is 5.73. The summed E-state index contributed by atoms with van der Waals surface area (Å²) in [5.74, 6) is -0.619. The first-order valence-corrected chi connectivity index (χ1v) is 7.36. The summed E-state index contributed by atoms with van der Waals surface area (Å²) in [6.45, 7) is 1.88. The number of likely N-dealkylation sites (N-methyl/N-ethyl adjacent to an activating group) is 1. The monoisotopic (exact) mass is 353 g/mol. The first-order valence-electron chi connectivity index (χ1n) is 6.57. The van der Waals surface area contributed by atoms with Crippen LogP contribution in [0.15, 0.2) is 28.2 Å². The van der Waals surface area contributed by atoms with Gasteiger partial charge in [-0.15, -0.1) is 0 Å². The van der Waals surface area contributed by atoms with E-state index in [2.05, 4.69) is 15.9 Å². The number of carbonyl (C=O) groups is 2. The van der Waals surface area contributed by atoms with Gasteiger partial charge < -0.3 is 14.7 Å². The predicted octanol–water partition coefficient (Wildman–Crippen LogP) is 2.55. The molecule has 21 heavy (non-hydrogen) atoms. The van der Waals surface area contributed by atoms with Crippen molar-refractivity contribution in [2.24, 2.45) is 0 Å². The molecule has 0 radical (unpaired) electrons. The van der Waals surface area contributed by atoms with Crippen LogP contribution < -0.4 is 4.74 Å². The number of fused-ring (bicyclic) bond motifs is 1. The molecular weight excluding hydrogens is 338 g/mol. The van der Waals surface area contributed by atoms with Crippen molar-refractivity contribution in [3.8, 4) is 5.75 Å². The van der Waals surface area contributed by atoms with Crippen molar-refractivity contribution >= 4 is 33.9 Å². The number of rotatable bonds is 4. The topological polar surface area (TPSA) is 66.8 Å². The molecule has 0 saturated heterocycles. The molecular formula is C15H16BrNO4. The van der Waals surface area contributed by atoms with Crippen molar-refractivity contribution in [3.63, 3.8) is 0 Å². The van der Waals surface area contributed by atoms with Crippen LogP contribution in [0.5, 0.6) is 5.75 Å². The maximum Gasteiger partial charge on any atom is 0.326 e. The molecule has 0 bridgehead atoms. The number of hydrogen-bond donors (Lipinski definition) is 1. The number of nitrogens with zero attached hydrogens (tertiary/aromatic N) is 1. The number of carboxylic acids is 1. The number of carboxylic acid groups (broad SMARTS) is 1. The summed E-state index contributed by atoms with van der Waals surface area (Å²) in [5.41, 5.74) is 1.25. The molecule has 1 aromatic rings. The molecule has 1 unspecified atom stereocenters. The number of benzene rings is 1. The molecule has 1 N–H and O–H groups in total. The first-order chi connectivity index (χ1) is 9.93. The molecule has 112 valence electrons. The smallest absolute Gasteiger partial charge is 0.326 e. The van der Waals surface area contributed by atoms with Crippen LogP contribution in [0.2, 0.25) is 0 Å². The van der Waals surface area contributed by atoms with E-state index in [0.717, 1.165) is 10.0 Å². The average molecular weight is 354 g/mol. The van der Waals surface area contributed by atoms with Crippen molar-refractivity contribution in [1.82, 2.24) is 4.90 Å². The zero-order chi connectivity index (χ0) is 15.6. The average Bonchev–Trinajstić information content (AvgIpc) is 2.45. The molecule has 1 atom stereocenters. The zero-order valence-electron chi connectivity index (χ0n) is 11.8. The van der Waals surface area contributed by atoms with Gasteiger partial charge in [-0.2, -0.15) is 0 Å². The van der Waals surface area contributed by atoms with Gasteiger partial charge >= 0.3 is 5.97 Å². The summed E-state index contributed by atoms with van der Waals surface area (Å²) < 4.78 is 6.44. The number of carbonyl (C=O) groups excluding carboxylic acids is 1. The van der Waals surface area contributed by atoms with Crippen molar-refractivity contribution in [1.29, 1.82) is 0 Å². The second-order valence-electron chi connectivity index (χ2n) is 4.82. The van der Waals surface area contributed by atoms with Crippen LogP contribution in [-0.2, 0) is 9.59 Å². The summed E-state index contributed by atoms with van der Waals surface area (Å²) in [7, 11) is 1.50. The number of hydrogen-bond acceptors (Lipinski definition) is 3. The van der Waals surface area contributed by atoms with Gasteiger partial charge in [-0.05, 0) is 30.7 Å². The Labute approximate surface area is 131 Å². The quantitative estimate of drug-likeness (QED) is 0.903. The van der Waals surface area contributed by atoms with Gasteiger partial charge in [0.1, 0.15) is 18.4 Å². The van der Waals surface area contributed by atoms with Gasteiger partial charge in [0.2, 0.25) is 0 Å². The van der Waals surface area contributed by atoms with Gasteiger partial charge in [-0.1, -0.05) is 22.9 Å². The fourth-order valence-electron chi connectivity index (χ4n) is 2.25. The summed E-state index contributed by atoms with van der Waals surface area (Å²) >= 11 is 3.37. The van der Waals surface area contributed by atoms with E-state index in [9.17, 15) is 9.59 Å². The lowest BCUT2D eigenvalue weighted by Gasteiger charge is -2.26. The highest BCUT2D eigenvalue weighted by molar-refractivity contribution is 9.10. The van der Waals surface area contributed by atoms with Gasteiger partial charge in [0.05, 0.1) is 5.57 Å². The minimum atomic E-state index is -1.01. The third-order valence-electron chi connectivity index (χ3n) is 3.42. The molecule has 1 aromatic carbocycles. The first kappa shape index (κ1) is 15.6. The molecule has 0 aromatic heterocycles. The molecule has 1 amide bonds. The number of ether oxygens (including phenoxy) is 1. The summed E-state index contributed by atoms with van der Waals surface area (Å²) in [6, 6.07) is 4.72. The maximum atomic E-state index is 12.4. The van der Waals surface area contributed by atoms with E-state index in [-0.39, 0.29) is 12.5 Å². The molecule has 0 fully saturated rings. The van der Waals surface area contributed by atoms with Crippen LogP contribution in [0.25, 0.3) is 6.08 Å². The SMILES string of the molecule is CCC(C(=O)O)N(C)C(=O)C1=Cc2cc(Br)ccc2OC1. The lowest BCUT2D eigenvalue weighted by atomic mass is 10.1. The third kappa shape index (κ3) is 3.26. The molecule has 0 saturated carbocycles. The van der Waals surface area contributed by atoms with Crippen LogP contribution in [-0.4, -0.2) is 41.6 Å². The van der Waals surface area contributed by atoms with Gasteiger partial charge in [0.15, 0.2) is 0 Å². The highest BCUT2D eigenvalue weighted by atomic mass is 79.9. The highest BCUT2D eigenvalue weighted by Gasteiger charge is 2.28. The van der Waals surface area contributed by atoms with Gasteiger partial charge in [0.25, 0.3) is 5.91 Å². The molecule has 6 heteroatoms. The largest absolute Gasteiger partial charge is 0.488 e. The predicted molar refractivity (Wildman–Crippen MR) is 82.1 cm³/mol. The Morgan fingerprint density at radius 3 is 2.81 bits per heavy atom. The fraction of sp³-hybridized carbons (Fsp3) is 0.333. The van der Waals surface area contributed by atoms with E-state index in [1.54, 1.807) is 13.0 Å². The van der Waals surface area contributed by atoms with E-state index in [0.29, 0.717) is 17.7 Å². The van der Waals surface area contributed by atoms with Crippen molar-refractivity contribution in [3.05, 3.63) is 33.8 Å². The minimum absolute atomic E-state index is 0.147. The fourth-order valence-corrected chi connectivity index (χ4v) is 2.63. The molecule has 1 aliphatic rings. The summed E-state index contributed by atoms with van der Waals surface area (Å²) in [6.07, 6.45) is 2.10. The van der Waals surface area contributed by atoms with Crippen LogP contribution in [0.4, 0.5) is 0 Å². The Hall–Kier alpha value is -1.82. The Kier molecular flexibility index (Phi) is 4.67. The highest BCUT2D eigenvalue weighted by Crippen LogP contribution is 2.29. The van der Waals surface area contributed by atoms with Crippen molar-refractivity contribution < 1.29 is 19.4 Å². The zero-order valence-corrected chi connectivity index (χ0v) is 13.4. The van der Waals surface area contributed by atoms with Crippen LogP contribution in [0.1, 0.15) is 18.9 Å². The Bertz CT molecular complexity index is 612. The number of amides is 1. The lowest BCUT2D eigenvalue weighted by molar-refractivity contribution is -0.147. The van der Waals surface area contributed by atoms with Crippen LogP contribution in [0, 0.1) is 0 Å². The second kappa shape index (κ2) is 6.30. The lowest BCUT2D eigenvalue weighted by Crippen LogP contribution is -2.43. The standard InChI is InChI=1S/C15H16BrNO4/c1-3-12(15(19)20)17(2)14(18)10-6-9-7-11(16)4-5-13(9)21-8-10/h4-7,12H,3,8H2,1-2H3,(H,19,20). The molecule has 1 aliphatic heterocycles. The third-order valence-corrected chi connectivity index (χ3v) is 3.91. The number of halogens is 1. The van der Waals surface area contributed by atoms with Crippen LogP contribution in [0.3, 0.4) is 0 Å². The van der Waals surface area contributed by atoms with E-state index >= 15 is 0 Å². The molecule has 5 nitrogen and oxygen atoms in total. The summed E-state index contributed by atoms with van der Waals surface area (Å²) in [4.78, 5) is 24.8. The molecule has 0 aliphatic carbocycles.